The highest BCUT2D eigenvalue weighted by Gasteiger charge is 2.39. The van der Waals surface area contributed by atoms with E-state index in [1.807, 2.05) is 25.9 Å². The first-order valence-electron chi connectivity index (χ1n) is 9.34. The summed E-state index contributed by atoms with van der Waals surface area (Å²) in [5.74, 6) is -0.319. The number of sulfonamides is 1. The number of hydrogen-bond acceptors (Lipinski definition) is 5. The van der Waals surface area contributed by atoms with Gasteiger partial charge >= 0.3 is 0 Å². The first-order chi connectivity index (χ1) is 13.3. The third kappa shape index (κ3) is 4.60. The Balaban J connectivity index is 1.70. The van der Waals surface area contributed by atoms with Crippen LogP contribution in [0.5, 0.6) is 0 Å². The smallest absolute Gasteiger partial charge is 0.243 e. The largest absolute Gasteiger partial charge is 0.322 e. The summed E-state index contributed by atoms with van der Waals surface area (Å²) in [6.07, 6.45) is 4.51. The summed E-state index contributed by atoms with van der Waals surface area (Å²) in [5, 5.41) is 7.05. The van der Waals surface area contributed by atoms with E-state index in [1.54, 1.807) is 41.3 Å². The molecule has 3 rings (SSSR count). The molecule has 9 heteroatoms. The quantitative estimate of drug-likeness (QED) is 0.755. The van der Waals surface area contributed by atoms with Crippen LogP contribution < -0.4 is 5.32 Å². The average Bonchev–Trinajstić information content (AvgIpc) is 3.30. The number of rotatable bonds is 7. The van der Waals surface area contributed by atoms with Crippen molar-refractivity contribution >= 4 is 21.6 Å². The highest BCUT2D eigenvalue weighted by atomic mass is 32.2. The lowest BCUT2D eigenvalue weighted by atomic mass is 10.2. The highest BCUT2D eigenvalue weighted by molar-refractivity contribution is 7.89. The Morgan fingerprint density at radius 2 is 2.00 bits per heavy atom. The number of aryl methyl sites for hydroxylation is 1. The Kier molecular flexibility index (Phi) is 6.17. The van der Waals surface area contributed by atoms with Gasteiger partial charge in [0.1, 0.15) is 6.04 Å². The predicted molar refractivity (Wildman–Crippen MR) is 108 cm³/mol. The van der Waals surface area contributed by atoms with Gasteiger partial charge in [-0.15, -0.1) is 0 Å². The van der Waals surface area contributed by atoms with Crippen molar-refractivity contribution < 1.29 is 13.2 Å². The topological polar surface area (TPSA) is 87.5 Å². The monoisotopic (exact) mass is 405 g/mol. The second kappa shape index (κ2) is 8.42. The zero-order chi connectivity index (χ0) is 20.3. The van der Waals surface area contributed by atoms with E-state index in [0.29, 0.717) is 31.6 Å². The minimum atomic E-state index is -3.71. The molecule has 1 saturated heterocycles. The lowest BCUT2D eigenvalue weighted by Crippen LogP contribution is -2.43. The van der Waals surface area contributed by atoms with Crippen molar-refractivity contribution in [3.63, 3.8) is 0 Å². The molecule has 152 valence electrons. The van der Waals surface area contributed by atoms with Crippen molar-refractivity contribution in [2.75, 3.05) is 32.5 Å². The fourth-order valence-corrected chi connectivity index (χ4v) is 4.87. The minimum absolute atomic E-state index is 0.217. The van der Waals surface area contributed by atoms with Crippen molar-refractivity contribution in [1.29, 1.82) is 0 Å². The van der Waals surface area contributed by atoms with Crippen LogP contribution in [0, 0.1) is 6.92 Å². The molecule has 0 aliphatic carbocycles. The number of carbonyl (C=O) groups excluding carboxylic acids is 1. The number of nitrogens with zero attached hydrogens (tertiary/aromatic N) is 4. The van der Waals surface area contributed by atoms with Gasteiger partial charge in [0.2, 0.25) is 15.9 Å². The Hall–Kier alpha value is -2.23. The van der Waals surface area contributed by atoms with Crippen LogP contribution in [0.2, 0.25) is 0 Å². The fourth-order valence-electron chi connectivity index (χ4n) is 3.21. The summed E-state index contributed by atoms with van der Waals surface area (Å²) < 4.78 is 29.0. The van der Waals surface area contributed by atoms with Crippen LogP contribution in [-0.4, -0.2) is 66.5 Å². The van der Waals surface area contributed by atoms with Crippen LogP contribution in [0.4, 0.5) is 5.69 Å². The summed E-state index contributed by atoms with van der Waals surface area (Å²) in [5.41, 5.74) is 1.56. The molecule has 1 N–H and O–H groups in total. The van der Waals surface area contributed by atoms with E-state index in [0.717, 1.165) is 12.1 Å². The van der Waals surface area contributed by atoms with Gasteiger partial charge in [0.05, 0.1) is 23.3 Å². The van der Waals surface area contributed by atoms with E-state index in [-0.39, 0.29) is 10.8 Å². The Morgan fingerprint density at radius 3 is 2.68 bits per heavy atom. The number of nitrogens with one attached hydrogen (secondary N) is 1. The van der Waals surface area contributed by atoms with Gasteiger partial charge in [-0.3, -0.25) is 9.48 Å². The molecule has 1 atom stereocenters. The van der Waals surface area contributed by atoms with Crippen molar-refractivity contribution in [3.8, 4) is 0 Å². The summed E-state index contributed by atoms with van der Waals surface area (Å²) in [7, 11) is 0.254. The molecule has 0 saturated carbocycles. The minimum Gasteiger partial charge on any atom is -0.322 e. The SMILES string of the molecule is Cc1ccc(S(=O)(=O)N2CCC[C@H]2C(=O)Nc2cnn(CCN(C)C)c2)cc1. The molecular weight excluding hydrogens is 378 g/mol. The molecule has 1 fully saturated rings. The van der Waals surface area contributed by atoms with Crippen molar-refractivity contribution in [2.45, 2.75) is 37.2 Å². The molecular formula is C19H27N5O3S. The molecule has 0 bridgehead atoms. The second-order valence-corrected chi connectivity index (χ2v) is 9.26. The first-order valence-corrected chi connectivity index (χ1v) is 10.8. The summed E-state index contributed by atoms with van der Waals surface area (Å²) in [4.78, 5) is 15.0. The summed E-state index contributed by atoms with van der Waals surface area (Å²) in [6, 6.07) is 6.00. The van der Waals surface area contributed by atoms with Gasteiger partial charge in [0, 0.05) is 19.3 Å². The zero-order valence-electron chi connectivity index (χ0n) is 16.5. The molecule has 1 aromatic heterocycles. The second-order valence-electron chi connectivity index (χ2n) is 7.37. The number of aromatic nitrogens is 2. The number of amides is 1. The summed E-state index contributed by atoms with van der Waals surface area (Å²) in [6.45, 7) is 3.79. The Bertz CT molecular complexity index is 921. The van der Waals surface area contributed by atoms with Crippen LogP contribution in [0.15, 0.2) is 41.6 Å². The molecule has 0 radical (unpaired) electrons. The van der Waals surface area contributed by atoms with Crippen LogP contribution in [-0.2, 0) is 21.4 Å². The van der Waals surface area contributed by atoms with Gasteiger partial charge < -0.3 is 10.2 Å². The molecule has 1 aliphatic heterocycles. The van der Waals surface area contributed by atoms with Crippen LogP contribution >= 0.6 is 0 Å². The van der Waals surface area contributed by atoms with Gasteiger partial charge in [0.15, 0.2) is 0 Å². The predicted octanol–water partition coefficient (Wildman–Crippen LogP) is 1.54. The Morgan fingerprint density at radius 1 is 1.29 bits per heavy atom. The maximum atomic E-state index is 13.0. The van der Waals surface area contributed by atoms with E-state index in [4.69, 9.17) is 0 Å². The van der Waals surface area contributed by atoms with Gasteiger partial charge in [-0.05, 0) is 46.0 Å². The fraction of sp³-hybridized carbons (Fsp3) is 0.474. The third-order valence-corrected chi connectivity index (χ3v) is 6.73. The third-order valence-electron chi connectivity index (χ3n) is 4.81. The van der Waals surface area contributed by atoms with Crippen molar-refractivity contribution in [3.05, 3.63) is 42.2 Å². The van der Waals surface area contributed by atoms with Gasteiger partial charge in [-0.2, -0.15) is 9.40 Å². The molecule has 2 heterocycles. The number of hydrogen-bond donors (Lipinski definition) is 1. The number of anilines is 1. The molecule has 2 aromatic rings. The first kappa shape index (κ1) is 20.5. The van der Waals surface area contributed by atoms with E-state index in [9.17, 15) is 13.2 Å². The number of carbonyl (C=O) groups is 1. The van der Waals surface area contributed by atoms with Gasteiger partial charge in [-0.25, -0.2) is 8.42 Å². The lowest BCUT2D eigenvalue weighted by Gasteiger charge is -2.23. The lowest BCUT2D eigenvalue weighted by molar-refractivity contribution is -0.119. The molecule has 0 spiro atoms. The van der Waals surface area contributed by atoms with E-state index < -0.39 is 16.1 Å². The molecule has 1 amide bonds. The van der Waals surface area contributed by atoms with Crippen molar-refractivity contribution in [2.24, 2.45) is 0 Å². The van der Waals surface area contributed by atoms with Crippen molar-refractivity contribution in [1.82, 2.24) is 19.0 Å². The van der Waals surface area contributed by atoms with Crippen LogP contribution in [0.1, 0.15) is 18.4 Å². The van der Waals surface area contributed by atoms with Crippen LogP contribution in [0.25, 0.3) is 0 Å². The van der Waals surface area contributed by atoms with E-state index in [2.05, 4.69) is 10.4 Å². The maximum absolute atomic E-state index is 13.0. The maximum Gasteiger partial charge on any atom is 0.243 e. The standard InChI is InChI=1S/C19H27N5O3S/c1-15-6-8-17(9-7-15)28(26,27)24-10-4-5-18(24)19(25)21-16-13-20-23(14-16)12-11-22(2)3/h6-9,13-14,18H,4-5,10-12H2,1-3H3,(H,21,25)/t18-/m0/s1. The normalized spacial score (nSPS) is 17.9. The van der Waals surface area contributed by atoms with E-state index >= 15 is 0 Å². The molecule has 1 aliphatic rings. The molecule has 8 nitrogen and oxygen atoms in total. The van der Waals surface area contributed by atoms with Gasteiger partial charge in [-0.1, -0.05) is 17.7 Å². The molecule has 28 heavy (non-hydrogen) atoms. The zero-order valence-corrected chi connectivity index (χ0v) is 17.3. The number of likely N-dealkylation sites (N-methyl/N-ethyl adjacent to an activating group) is 1. The van der Waals surface area contributed by atoms with Gasteiger partial charge in [0.25, 0.3) is 0 Å². The molecule has 0 unspecified atom stereocenters. The van der Waals surface area contributed by atoms with Crippen LogP contribution in [0.3, 0.4) is 0 Å². The molecule has 1 aromatic carbocycles. The summed E-state index contributed by atoms with van der Waals surface area (Å²) >= 11 is 0. The average molecular weight is 406 g/mol. The highest BCUT2D eigenvalue weighted by Crippen LogP contribution is 2.27. The Labute approximate surface area is 166 Å². The number of benzene rings is 1. The van der Waals surface area contributed by atoms with E-state index in [1.165, 1.54) is 4.31 Å².